The standard InChI is InChI=1S/C18H29NO2/c1-5-6-13-19-17(20)8-7-14-21-16-11-9-15(10-12-16)18(2,3)4/h9-12H,5-8,13-14H2,1-4H3,(H,19,20). The van der Waals surface area contributed by atoms with Gasteiger partial charge in [-0.15, -0.1) is 0 Å². The van der Waals surface area contributed by atoms with Crippen molar-refractivity contribution in [3.05, 3.63) is 29.8 Å². The molecule has 0 saturated heterocycles. The van der Waals surface area contributed by atoms with E-state index in [1.807, 2.05) is 12.1 Å². The number of nitrogens with one attached hydrogen (secondary N) is 1. The Morgan fingerprint density at radius 2 is 1.81 bits per heavy atom. The molecule has 1 aromatic rings. The Bertz CT molecular complexity index is 418. The first kappa shape index (κ1) is 17.5. The van der Waals surface area contributed by atoms with E-state index in [9.17, 15) is 4.79 Å². The predicted molar refractivity (Wildman–Crippen MR) is 87.8 cm³/mol. The molecule has 3 nitrogen and oxygen atoms in total. The number of carbonyl (C=O) groups excluding carboxylic acids is 1. The van der Waals surface area contributed by atoms with Crippen molar-refractivity contribution >= 4 is 5.91 Å². The Hall–Kier alpha value is -1.51. The second-order valence-corrected chi connectivity index (χ2v) is 6.43. The van der Waals surface area contributed by atoms with Gasteiger partial charge in [0, 0.05) is 13.0 Å². The minimum atomic E-state index is 0.120. The molecule has 0 aliphatic rings. The maximum absolute atomic E-state index is 11.5. The van der Waals surface area contributed by atoms with Gasteiger partial charge in [0.15, 0.2) is 0 Å². The summed E-state index contributed by atoms with van der Waals surface area (Å²) in [5, 5.41) is 2.91. The molecule has 0 spiro atoms. The highest BCUT2D eigenvalue weighted by Gasteiger charge is 2.12. The third kappa shape index (κ3) is 7.16. The van der Waals surface area contributed by atoms with Crippen molar-refractivity contribution in [3.8, 4) is 5.75 Å². The van der Waals surface area contributed by atoms with Crippen LogP contribution in [-0.2, 0) is 10.2 Å². The van der Waals surface area contributed by atoms with Crippen molar-refractivity contribution in [1.29, 1.82) is 0 Å². The zero-order chi connectivity index (χ0) is 15.7. The molecule has 0 fully saturated rings. The summed E-state index contributed by atoms with van der Waals surface area (Å²) >= 11 is 0. The first-order valence-corrected chi connectivity index (χ1v) is 7.93. The van der Waals surface area contributed by atoms with Crippen LogP contribution in [0.5, 0.6) is 5.75 Å². The molecule has 3 heteroatoms. The number of hydrogen-bond donors (Lipinski definition) is 1. The largest absolute Gasteiger partial charge is 0.494 e. The fourth-order valence-corrected chi connectivity index (χ4v) is 1.97. The average molecular weight is 291 g/mol. The summed E-state index contributed by atoms with van der Waals surface area (Å²) in [6.07, 6.45) is 3.43. The Balaban J connectivity index is 2.22. The monoisotopic (exact) mass is 291 g/mol. The Morgan fingerprint density at radius 1 is 1.14 bits per heavy atom. The highest BCUT2D eigenvalue weighted by atomic mass is 16.5. The zero-order valence-electron chi connectivity index (χ0n) is 13.9. The first-order chi connectivity index (χ1) is 9.93. The van der Waals surface area contributed by atoms with E-state index in [0.29, 0.717) is 13.0 Å². The Morgan fingerprint density at radius 3 is 2.38 bits per heavy atom. The van der Waals surface area contributed by atoms with Crippen LogP contribution in [0.1, 0.15) is 58.9 Å². The van der Waals surface area contributed by atoms with E-state index in [1.54, 1.807) is 0 Å². The Kier molecular flexibility index (Phi) is 7.27. The van der Waals surface area contributed by atoms with Crippen LogP contribution in [0, 0.1) is 0 Å². The van der Waals surface area contributed by atoms with E-state index in [0.717, 1.165) is 31.6 Å². The van der Waals surface area contributed by atoms with Gasteiger partial charge in [-0.2, -0.15) is 0 Å². The van der Waals surface area contributed by atoms with E-state index in [-0.39, 0.29) is 11.3 Å². The molecule has 0 bridgehead atoms. The van der Waals surface area contributed by atoms with Crippen LogP contribution in [-0.4, -0.2) is 19.1 Å². The molecule has 1 N–H and O–H groups in total. The van der Waals surface area contributed by atoms with E-state index >= 15 is 0 Å². The predicted octanol–water partition coefficient (Wildman–Crippen LogP) is 4.06. The molecular formula is C18H29NO2. The van der Waals surface area contributed by atoms with Crippen LogP contribution in [0.15, 0.2) is 24.3 Å². The summed E-state index contributed by atoms with van der Waals surface area (Å²) in [6.45, 7) is 10.1. The van der Waals surface area contributed by atoms with Gasteiger partial charge in [-0.3, -0.25) is 4.79 Å². The third-order valence-corrected chi connectivity index (χ3v) is 3.39. The topological polar surface area (TPSA) is 38.3 Å². The minimum absolute atomic E-state index is 0.120. The fraction of sp³-hybridized carbons (Fsp3) is 0.611. The maximum Gasteiger partial charge on any atom is 0.220 e. The molecule has 118 valence electrons. The van der Waals surface area contributed by atoms with Gasteiger partial charge in [-0.1, -0.05) is 46.2 Å². The quantitative estimate of drug-likeness (QED) is 0.734. The molecule has 1 amide bonds. The molecule has 0 atom stereocenters. The highest BCUT2D eigenvalue weighted by Crippen LogP contribution is 2.24. The van der Waals surface area contributed by atoms with Gasteiger partial charge in [0.25, 0.3) is 0 Å². The summed E-state index contributed by atoms with van der Waals surface area (Å²) in [7, 11) is 0. The molecular weight excluding hydrogens is 262 g/mol. The lowest BCUT2D eigenvalue weighted by Gasteiger charge is -2.19. The van der Waals surface area contributed by atoms with E-state index < -0.39 is 0 Å². The van der Waals surface area contributed by atoms with Crippen LogP contribution < -0.4 is 10.1 Å². The van der Waals surface area contributed by atoms with Crippen LogP contribution in [0.4, 0.5) is 0 Å². The van der Waals surface area contributed by atoms with Crippen LogP contribution in [0.3, 0.4) is 0 Å². The number of benzene rings is 1. The molecule has 0 saturated carbocycles. The smallest absolute Gasteiger partial charge is 0.220 e. The van der Waals surface area contributed by atoms with Crippen molar-refractivity contribution in [1.82, 2.24) is 5.32 Å². The normalized spacial score (nSPS) is 11.2. The maximum atomic E-state index is 11.5. The molecule has 0 aliphatic heterocycles. The molecule has 0 radical (unpaired) electrons. The molecule has 0 heterocycles. The molecule has 0 aliphatic carbocycles. The van der Waals surface area contributed by atoms with Gasteiger partial charge in [-0.25, -0.2) is 0 Å². The van der Waals surface area contributed by atoms with Crippen molar-refractivity contribution in [3.63, 3.8) is 0 Å². The number of ether oxygens (including phenoxy) is 1. The van der Waals surface area contributed by atoms with Gasteiger partial charge >= 0.3 is 0 Å². The van der Waals surface area contributed by atoms with Gasteiger partial charge in [0.05, 0.1) is 6.61 Å². The lowest BCUT2D eigenvalue weighted by molar-refractivity contribution is -0.121. The van der Waals surface area contributed by atoms with Gasteiger partial charge in [-0.05, 0) is 36.0 Å². The van der Waals surface area contributed by atoms with Crippen LogP contribution in [0.2, 0.25) is 0 Å². The molecule has 1 aromatic carbocycles. The zero-order valence-corrected chi connectivity index (χ0v) is 13.9. The summed E-state index contributed by atoms with van der Waals surface area (Å²) in [5.74, 6) is 0.990. The second-order valence-electron chi connectivity index (χ2n) is 6.43. The number of hydrogen-bond acceptors (Lipinski definition) is 2. The lowest BCUT2D eigenvalue weighted by atomic mass is 9.87. The van der Waals surface area contributed by atoms with Gasteiger partial charge in [0.1, 0.15) is 5.75 Å². The minimum Gasteiger partial charge on any atom is -0.494 e. The summed E-state index contributed by atoms with van der Waals surface area (Å²) in [4.78, 5) is 11.5. The van der Waals surface area contributed by atoms with Gasteiger partial charge in [0.2, 0.25) is 5.91 Å². The van der Waals surface area contributed by atoms with Crippen molar-refractivity contribution in [2.45, 2.75) is 58.8 Å². The molecule has 1 rings (SSSR count). The summed E-state index contributed by atoms with van der Waals surface area (Å²) in [6, 6.07) is 8.21. The highest BCUT2D eigenvalue weighted by molar-refractivity contribution is 5.75. The Labute approximate surface area is 129 Å². The first-order valence-electron chi connectivity index (χ1n) is 7.93. The van der Waals surface area contributed by atoms with Crippen molar-refractivity contribution in [2.24, 2.45) is 0 Å². The number of rotatable bonds is 8. The summed E-state index contributed by atoms with van der Waals surface area (Å²) in [5.41, 5.74) is 1.46. The third-order valence-electron chi connectivity index (χ3n) is 3.39. The van der Waals surface area contributed by atoms with Crippen LogP contribution >= 0.6 is 0 Å². The van der Waals surface area contributed by atoms with Crippen molar-refractivity contribution < 1.29 is 9.53 Å². The van der Waals surface area contributed by atoms with Crippen molar-refractivity contribution in [2.75, 3.05) is 13.2 Å². The van der Waals surface area contributed by atoms with Gasteiger partial charge < -0.3 is 10.1 Å². The number of amides is 1. The van der Waals surface area contributed by atoms with E-state index in [2.05, 4.69) is 45.1 Å². The molecule has 0 aromatic heterocycles. The molecule has 0 unspecified atom stereocenters. The fourth-order valence-electron chi connectivity index (χ4n) is 1.97. The summed E-state index contributed by atoms with van der Waals surface area (Å²) < 4.78 is 5.67. The SMILES string of the molecule is CCCCNC(=O)CCCOc1ccc(C(C)(C)C)cc1. The van der Waals surface area contributed by atoms with E-state index in [4.69, 9.17) is 4.74 Å². The van der Waals surface area contributed by atoms with E-state index in [1.165, 1.54) is 5.56 Å². The molecule has 21 heavy (non-hydrogen) atoms. The second kappa shape index (κ2) is 8.71. The lowest BCUT2D eigenvalue weighted by Crippen LogP contribution is -2.24. The number of unbranched alkanes of at least 4 members (excludes halogenated alkanes) is 1. The van der Waals surface area contributed by atoms with Crippen LogP contribution in [0.25, 0.3) is 0 Å². The average Bonchev–Trinajstić information content (AvgIpc) is 2.43. The number of carbonyl (C=O) groups is 1.